The number of anilines is 1. The molecule has 1 unspecified atom stereocenters. The Kier molecular flexibility index (Phi) is 3.81. The van der Waals surface area contributed by atoms with Gasteiger partial charge in [-0.2, -0.15) is 0 Å². The minimum atomic E-state index is -1.01. The van der Waals surface area contributed by atoms with Gasteiger partial charge < -0.3 is 10.4 Å². The molecule has 1 atom stereocenters. The standard InChI is InChI=1S/C22H17NO3/c1-13-6-8-14(9-7-13)15-10-16(12-17(11-15)22(25)26)20-18-4-2-3-5-19(18)23-21(20)24/h2-12,20H,1H3,(H,23,24)(H,25,26). The van der Waals surface area contributed by atoms with E-state index in [-0.39, 0.29) is 11.5 Å². The number of benzene rings is 3. The van der Waals surface area contributed by atoms with Crippen LogP contribution in [-0.4, -0.2) is 17.0 Å². The third-order valence-electron chi connectivity index (χ3n) is 4.71. The number of carbonyl (C=O) groups is 2. The highest BCUT2D eigenvalue weighted by Gasteiger charge is 2.32. The summed E-state index contributed by atoms with van der Waals surface area (Å²) in [5.41, 5.74) is 5.35. The molecule has 0 fully saturated rings. The summed E-state index contributed by atoms with van der Waals surface area (Å²) in [4.78, 5) is 24.2. The lowest BCUT2D eigenvalue weighted by atomic mass is 9.88. The van der Waals surface area contributed by atoms with Crippen molar-refractivity contribution in [3.05, 3.63) is 89.0 Å². The van der Waals surface area contributed by atoms with Gasteiger partial charge in [-0.1, -0.05) is 48.0 Å². The molecule has 0 aliphatic carbocycles. The smallest absolute Gasteiger partial charge is 0.335 e. The van der Waals surface area contributed by atoms with Gasteiger partial charge in [0, 0.05) is 5.69 Å². The summed E-state index contributed by atoms with van der Waals surface area (Å²) in [7, 11) is 0. The lowest BCUT2D eigenvalue weighted by Gasteiger charge is -2.13. The molecule has 4 rings (SSSR count). The normalized spacial score (nSPS) is 15.4. The Bertz CT molecular complexity index is 1020. The number of rotatable bonds is 3. The molecule has 1 aliphatic heterocycles. The Labute approximate surface area is 151 Å². The summed E-state index contributed by atoms with van der Waals surface area (Å²) in [6, 6.07) is 20.5. The number of carboxylic acids is 1. The molecule has 26 heavy (non-hydrogen) atoms. The van der Waals surface area contributed by atoms with Gasteiger partial charge in [0.05, 0.1) is 11.5 Å². The zero-order valence-electron chi connectivity index (χ0n) is 14.2. The number of hydrogen-bond acceptors (Lipinski definition) is 2. The summed E-state index contributed by atoms with van der Waals surface area (Å²) >= 11 is 0. The molecule has 0 radical (unpaired) electrons. The number of para-hydroxylation sites is 1. The molecule has 128 valence electrons. The molecule has 4 nitrogen and oxygen atoms in total. The second kappa shape index (κ2) is 6.15. The molecule has 0 saturated heterocycles. The molecule has 1 aliphatic rings. The number of aryl methyl sites for hydroxylation is 1. The molecule has 0 spiro atoms. The number of amides is 1. The van der Waals surface area contributed by atoms with Crippen LogP contribution in [0.5, 0.6) is 0 Å². The van der Waals surface area contributed by atoms with Crippen LogP contribution in [-0.2, 0) is 4.79 Å². The van der Waals surface area contributed by atoms with Crippen LogP contribution in [0.25, 0.3) is 11.1 Å². The van der Waals surface area contributed by atoms with Crippen LogP contribution in [0.4, 0.5) is 5.69 Å². The Morgan fingerprint density at radius 3 is 2.42 bits per heavy atom. The maximum Gasteiger partial charge on any atom is 0.335 e. The van der Waals surface area contributed by atoms with Crippen molar-refractivity contribution in [1.29, 1.82) is 0 Å². The van der Waals surface area contributed by atoms with E-state index in [1.54, 1.807) is 12.1 Å². The number of fused-ring (bicyclic) bond motifs is 1. The van der Waals surface area contributed by atoms with Gasteiger partial charge in [-0.25, -0.2) is 4.79 Å². The van der Waals surface area contributed by atoms with E-state index in [0.717, 1.165) is 27.9 Å². The van der Waals surface area contributed by atoms with E-state index >= 15 is 0 Å². The second-order valence-electron chi connectivity index (χ2n) is 6.52. The second-order valence-corrected chi connectivity index (χ2v) is 6.52. The zero-order valence-corrected chi connectivity index (χ0v) is 14.2. The molecular weight excluding hydrogens is 326 g/mol. The molecular formula is C22H17NO3. The van der Waals surface area contributed by atoms with E-state index in [9.17, 15) is 14.7 Å². The number of aromatic carboxylic acids is 1. The van der Waals surface area contributed by atoms with Crippen molar-refractivity contribution in [1.82, 2.24) is 0 Å². The molecule has 2 N–H and O–H groups in total. The van der Waals surface area contributed by atoms with Gasteiger partial charge in [0.25, 0.3) is 0 Å². The average Bonchev–Trinajstić information content (AvgIpc) is 2.97. The van der Waals surface area contributed by atoms with Crippen molar-refractivity contribution < 1.29 is 14.7 Å². The lowest BCUT2D eigenvalue weighted by molar-refractivity contribution is -0.116. The summed E-state index contributed by atoms with van der Waals surface area (Å²) in [6.45, 7) is 2.00. The molecule has 0 bridgehead atoms. The van der Waals surface area contributed by atoms with Crippen LogP contribution in [0.1, 0.15) is 33.0 Å². The van der Waals surface area contributed by atoms with Gasteiger partial charge in [0.2, 0.25) is 5.91 Å². The van der Waals surface area contributed by atoms with Crippen LogP contribution in [0, 0.1) is 6.92 Å². The fourth-order valence-corrected chi connectivity index (χ4v) is 3.39. The minimum absolute atomic E-state index is 0.136. The molecule has 3 aromatic carbocycles. The van der Waals surface area contributed by atoms with E-state index in [1.165, 1.54) is 0 Å². The summed E-state index contributed by atoms with van der Waals surface area (Å²) < 4.78 is 0. The van der Waals surface area contributed by atoms with Crippen LogP contribution in [0.2, 0.25) is 0 Å². The zero-order chi connectivity index (χ0) is 18.3. The Morgan fingerprint density at radius 1 is 0.962 bits per heavy atom. The molecule has 1 heterocycles. The first-order valence-electron chi connectivity index (χ1n) is 8.38. The molecule has 0 aromatic heterocycles. The van der Waals surface area contributed by atoms with E-state index in [1.807, 2.05) is 61.5 Å². The first-order chi connectivity index (χ1) is 12.5. The monoisotopic (exact) mass is 343 g/mol. The third kappa shape index (κ3) is 2.75. The van der Waals surface area contributed by atoms with Gasteiger partial charge >= 0.3 is 5.97 Å². The molecule has 0 saturated carbocycles. The van der Waals surface area contributed by atoms with E-state index in [0.29, 0.717) is 5.56 Å². The van der Waals surface area contributed by atoms with Gasteiger partial charge in [-0.05, 0) is 53.4 Å². The summed E-state index contributed by atoms with van der Waals surface area (Å²) in [5.74, 6) is -1.65. The first kappa shape index (κ1) is 16.1. The highest BCUT2D eigenvalue weighted by molar-refractivity contribution is 6.05. The van der Waals surface area contributed by atoms with Crippen molar-refractivity contribution in [3.63, 3.8) is 0 Å². The van der Waals surface area contributed by atoms with Crippen LogP contribution >= 0.6 is 0 Å². The van der Waals surface area contributed by atoms with E-state index < -0.39 is 11.9 Å². The minimum Gasteiger partial charge on any atom is -0.478 e. The molecule has 4 heteroatoms. The summed E-state index contributed by atoms with van der Waals surface area (Å²) in [6.07, 6.45) is 0. The van der Waals surface area contributed by atoms with Crippen molar-refractivity contribution in [2.24, 2.45) is 0 Å². The molecule has 1 amide bonds. The lowest BCUT2D eigenvalue weighted by Crippen LogP contribution is -2.14. The third-order valence-corrected chi connectivity index (χ3v) is 4.71. The highest BCUT2D eigenvalue weighted by Crippen LogP contribution is 2.38. The molecule has 3 aromatic rings. The Hall–Kier alpha value is -3.40. The maximum atomic E-state index is 12.5. The van der Waals surface area contributed by atoms with Crippen LogP contribution < -0.4 is 5.32 Å². The van der Waals surface area contributed by atoms with E-state index in [4.69, 9.17) is 0 Å². The highest BCUT2D eigenvalue weighted by atomic mass is 16.4. The Morgan fingerprint density at radius 2 is 1.69 bits per heavy atom. The number of carboxylic acid groups (broad SMARTS) is 1. The number of hydrogen-bond donors (Lipinski definition) is 2. The van der Waals surface area contributed by atoms with E-state index in [2.05, 4.69) is 5.32 Å². The topological polar surface area (TPSA) is 66.4 Å². The largest absolute Gasteiger partial charge is 0.478 e. The van der Waals surface area contributed by atoms with Crippen molar-refractivity contribution >= 4 is 17.6 Å². The number of nitrogens with one attached hydrogen (secondary N) is 1. The van der Waals surface area contributed by atoms with Gasteiger partial charge in [-0.15, -0.1) is 0 Å². The van der Waals surface area contributed by atoms with Crippen molar-refractivity contribution in [2.45, 2.75) is 12.8 Å². The SMILES string of the molecule is Cc1ccc(-c2cc(C(=O)O)cc(C3C(=O)Nc4ccccc43)c2)cc1. The predicted octanol–water partition coefficient (Wildman–Crippen LogP) is 4.44. The van der Waals surface area contributed by atoms with Gasteiger partial charge in [0.1, 0.15) is 0 Å². The Balaban J connectivity index is 1.88. The van der Waals surface area contributed by atoms with Crippen molar-refractivity contribution in [2.75, 3.05) is 5.32 Å². The maximum absolute atomic E-state index is 12.5. The fourth-order valence-electron chi connectivity index (χ4n) is 3.39. The van der Waals surface area contributed by atoms with Gasteiger partial charge in [0.15, 0.2) is 0 Å². The average molecular weight is 343 g/mol. The number of carbonyl (C=O) groups excluding carboxylic acids is 1. The fraction of sp³-hybridized carbons (Fsp3) is 0.0909. The summed E-state index contributed by atoms with van der Waals surface area (Å²) in [5, 5.41) is 12.4. The van der Waals surface area contributed by atoms with Gasteiger partial charge in [-0.3, -0.25) is 4.79 Å². The van der Waals surface area contributed by atoms with Crippen LogP contribution in [0.15, 0.2) is 66.7 Å². The van der Waals surface area contributed by atoms with Crippen LogP contribution in [0.3, 0.4) is 0 Å². The predicted molar refractivity (Wildman–Crippen MR) is 100 cm³/mol. The quantitative estimate of drug-likeness (QED) is 0.738. The van der Waals surface area contributed by atoms with Crippen molar-refractivity contribution in [3.8, 4) is 11.1 Å². The first-order valence-corrected chi connectivity index (χ1v) is 8.38.